The van der Waals surface area contributed by atoms with Crippen LogP contribution in [0.2, 0.25) is 0 Å². The van der Waals surface area contributed by atoms with Crippen LogP contribution in [0.25, 0.3) is 5.69 Å². The molecule has 0 radical (unpaired) electrons. The number of nitro benzene ring substituents is 1. The van der Waals surface area contributed by atoms with Gasteiger partial charge in [-0.15, -0.1) is 10.2 Å². The van der Waals surface area contributed by atoms with Crippen LogP contribution in [0.5, 0.6) is 0 Å². The molecule has 0 saturated heterocycles. The number of hydrogen-bond donors (Lipinski definition) is 1. The lowest BCUT2D eigenvalue weighted by Gasteiger charge is -2.11. The van der Waals surface area contributed by atoms with Gasteiger partial charge in [0.15, 0.2) is 11.0 Å². The molecule has 1 N–H and O–H groups in total. The van der Waals surface area contributed by atoms with Gasteiger partial charge in [0, 0.05) is 29.1 Å². The average molecular weight is 514 g/mol. The third-order valence-corrected chi connectivity index (χ3v) is 6.11. The van der Waals surface area contributed by atoms with Crippen molar-refractivity contribution < 1.29 is 22.9 Å². The van der Waals surface area contributed by atoms with Crippen LogP contribution in [-0.2, 0) is 18.5 Å². The van der Waals surface area contributed by atoms with Gasteiger partial charge in [-0.3, -0.25) is 19.5 Å². The fourth-order valence-electron chi connectivity index (χ4n) is 3.29. The van der Waals surface area contributed by atoms with E-state index in [-0.39, 0.29) is 17.8 Å². The quantitative estimate of drug-likeness (QED) is 0.192. The van der Waals surface area contributed by atoms with Gasteiger partial charge in [-0.1, -0.05) is 42.1 Å². The molecule has 184 valence electrons. The Balaban J connectivity index is 1.56. The summed E-state index contributed by atoms with van der Waals surface area (Å²) in [5.74, 6) is 0.351. The SMILES string of the molecule is O=C(NCc1nnc(SCc2ccccc2)n1-c1ccc([N+](=O)[O-])cc1)c1ccc(C(F)(F)F)cc1. The molecule has 1 amide bonds. The van der Waals surface area contributed by atoms with Crippen molar-refractivity contribution in [2.75, 3.05) is 0 Å². The molecular formula is C24H18F3N5O3S. The average Bonchev–Trinajstić information content (AvgIpc) is 3.29. The third kappa shape index (κ3) is 5.89. The number of alkyl halides is 3. The summed E-state index contributed by atoms with van der Waals surface area (Å²) >= 11 is 1.40. The fourth-order valence-corrected chi connectivity index (χ4v) is 4.21. The smallest absolute Gasteiger partial charge is 0.345 e. The number of carbonyl (C=O) groups is 1. The molecule has 8 nitrogen and oxygen atoms in total. The fraction of sp³-hybridized carbons (Fsp3) is 0.125. The molecule has 1 heterocycles. The summed E-state index contributed by atoms with van der Waals surface area (Å²) in [5.41, 5.74) is 0.737. The first kappa shape index (κ1) is 24.9. The van der Waals surface area contributed by atoms with Crippen LogP contribution in [0.3, 0.4) is 0 Å². The van der Waals surface area contributed by atoms with Crippen molar-refractivity contribution in [3.05, 3.63) is 111 Å². The Morgan fingerprint density at radius 1 is 0.972 bits per heavy atom. The predicted molar refractivity (Wildman–Crippen MR) is 127 cm³/mol. The highest BCUT2D eigenvalue weighted by Gasteiger charge is 2.30. The van der Waals surface area contributed by atoms with E-state index in [4.69, 9.17) is 0 Å². The molecule has 12 heteroatoms. The van der Waals surface area contributed by atoms with E-state index in [1.54, 1.807) is 16.7 Å². The van der Waals surface area contributed by atoms with Crippen molar-refractivity contribution in [3.8, 4) is 5.69 Å². The zero-order valence-electron chi connectivity index (χ0n) is 18.5. The van der Waals surface area contributed by atoms with E-state index in [0.29, 0.717) is 22.4 Å². The maximum Gasteiger partial charge on any atom is 0.416 e. The van der Waals surface area contributed by atoms with Gasteiger partial charge >= 0.3 is 6.18 Å². The summed E-state index contributed by atoms with van der Waals surface area (Å²) in [6.07, 6.45) is -4.50. The van der Waals surface area contributed by atoms with Crippen LogP contribution in [0.4, 0.5) is 18.9 Å². The second-order valence-corrected chi connectivity index (χ2v) is 8.48. The van der Waals surface area contributed by atoms with E-state index < -0.39 is 22.6 Å². The van der Waals surface area contributed by atoms with Crippen LogP contribution < -0.4 is 5.32 Å². The number of carbonyl (C=O) groups excluding carboxylic acids is 1. The molecule has 36 heavy (non-hydrogen) atoms. The van der Waals surface area contributed by atoms with Crippen molar-refractivity contribution in [1.29, 1.82) is 0 Å². The molecule has 0 aliphatic heterocycles. The van der Waals surface area contributed by atoms with Gasteiger partial charge in [0.1, 0.15) is 0 Å². The van der Waals surface area contributed by atoms with Gasteiger partial charge in [0.05, 0.1) is 17.0 Å². The summed E-state index contributed by atoms with van der Waals surface area (Å²) in [6.45, 7) is -0.0737. The molecule has 3 aromatic carbocycles. The van der Waals surface area contributed by atoms with E-state index in [1.807, 2.05) is 30.3 Å². The molecular weight excluding hydrogens is 495 g/mol. The van der Waals surface area contributed by atoms with Crippen LogP contribution >= 0.6 is 11.8 Å². The minimum Gasteiger partial charge on any atom is -0.345 e. The van der Waals surface area contributed by atoms with E-state index in [1.165, 1.54) is 23.9 Å². The van der Waals surface area contributed by atoms with Crippen molar-refractivity contribution in [2.45, 2.75) is 23.6 Å². The van der Waals surface area contributed by atoms with E-state index in [0.717, 1.165) is 29.8 Å². The molecule has 0 aliphatic rings. The molecule has 4 rings (SSSR count). The lowest BCUT2D eigenvalue weighted by molar-refractivity contribution is -0.384. The molecule has 4 aromatic rings. The van der Waals surface area contributed by atoms with Gasteiger partial charge < -0.3 is 5.32 Å². The normalized spacial score (nSPS) is 11.3. The topological polar surface area (TPSA) is 103 Å². The van der Waals surface area contributed by atoms with Crippen LogP contribution in [0.1, 0.15) is 27.3 Å². The summed E-state index contributed by atoms with van der Waals surface area (Å²) in [5, 5.41) is 22.6. The molecule has 0 aliphatic carbocycles. The van der Waals surface area contributed by atoms with Crippen LogP contribution in [0.15, 0.2) is 84.0 Å². The highest BCUT2D eigenvalue weighted by molar-refractivity contribution is 7.98. The van der Waals surface area contributed by atoms with Crippen molar-refractivity contribution in [2.24, 2.45) is 0 Å². The summed E-state index contributed by atoms with van der Waals surface area (Å²) < 4.78 is 40.0. The number of nitrogens with one attached hydrogen (secondary N) is 1. The molecule has 0 bridgehead atoms. The van der Waals surface area contributed by atoms with Crippen molar-refractivity contribution in [1.82, 2.24) is 20.1 Å². The van der Waals surface area contributed by atoms with Gasteiger partial charge in [-0.25, -0.2) is 0 Å². The van der Waals surface area contributed by atoms with Gasteiger partial charge in [0.25, 0.3) is 11.6 Å². The van der Waals surface area contributed by atoms with E-state index in [2.05, 4.69) is 15.5 Å². The number of halogens is 3. The van der Waals surface area contributed by atoms with E-state index >= 15 is 0 Å². The van der Waals surface area contributed by atoms with Crippen LogP contribution in [0, 0.1) is 10.1 Å². The number of non-ortho nitro benzene ring substituents is 1. The Morgan fingerprint density at radius 3 is 2.25 bits per heavy atom. The standard InChI is InChI=1S/C24H18F3N5O3S/c25-24(26,27)18-8-6-17(7-9-18)22(33)28-14-21-29-30-23(36-15-16-4-2-1-3-5-16)31(21)19-10-12-20(13-11-19)32(34)35/h1-13H,14-15H2,(H,28,33). The molecule has 1 aromatic heterocycles. The van der Waals surface area contributed by atoms with Gasteiger partial charge in [0.2, 0.25) is 0 Å². The monoisotopic (exact) mass is 513 g/mol. The molecule has 0 atom stereocenters. The van der Waals surface area contributed by atoms with Gasteiger partial charge in [-0.2, -0.15) is 13.2 Å². The maximum absolute atomic E-state index is 12.8. The lowest BCUT2D eigenvalue weighted by atomic mass is 10.1. The third-order valence-electron chi connectivity index (χ3n) is 5.11. The zero-order valence-corrected chi connectivity index (χ0v) is 19.3. The Labute approximate surface area is 207 Å². The lowest BCUT2D eigenvalue weighted by Crippen LogP contribution is -2.24. The number of rotatable bonds is 8. The highest BCUT2D eigenvalue weighted by Crippen LogP contribution is 2.29. The minimum absolute atomic E-state index is 0.0584. The molecule has 0 fully saturated rings. The second kappa shape index (κ2) is 10.6. The first-order valence-corrected chi connectivity index (χ1v) is 11.5. The Hall–Kier alpha value is -4.19. The number of nitrogens with zero attached hydrogens (tertiary/aromatic N) is 4. The largest absolute Gasteiger partial charge is 0.416 e. The Kier molecular flexibility index (Phi) is 7.34. The van der Waals surface area contributed by atoms with E-state index in [9.17, 15) is 28.1 Å². The van der Waals surface area contributed by atoms with Crippen molar-refractivity contribution in [3.63, 3.8) is 0 Å². The number of thioether (sulfide) groups is 1. The zero-order chi connectivity index (χ0) is 25.7. The Bertz CT molecular complexity index is 1360. The highest BCUT2D eigenvalue weighted by atomic mass is 32.2. The summed E-state index contributed by atoms with van der Waals surface area (Å²) in [4.78, 5) is 23.1. The number of aromatic nitrogens is 3. The second-order valence-electron chi connectivity index (χ2n) is 7.54. The van der Waals surface area contributed by atoms with Crippen LogP contribution in [-0.4, -0.2) is 25.6 Å². The molecule has 0 saturated carbocycles. The minimum atomic E-state index is -4.50. The Morgan fingerprint density at radius 2 is 1.64 bits per heavy atom. The summed E-state index contributed by atoms with van der Waals surface area (Å²) in [7, 11) is 0. The summed E-state index contributed by atoms with van der Waals surface area (Å²) in [6, 6.07) is 19.3. The number of amides is 1. The first-order chi connectivity index (χ1) is 17.2. The molecule has 0 unspecified atom stereocenters. The van der Waals surface area contributed by atoms with Gasteiger partial charge in [-0.05, 0) is 42.0 Å². The number of benzene rings is 3. The molecule has 0 spiro atoms. The first-order valence-electron chi connectivity index (χ1n) is 10.5. The number of nitro groups is 1. The number of hydrogen-bond acceptors (Lipinski definition) is 6. The van der Waals surface area contributed by atoms with Crippen molar-refractivity contribution >= 4 is 23.4 Å². The maximum atomic E-state index is 12.8. The predicted octanol–water partition coefficient (Wildman–Crippen LogP) is 5.42.